The maximum atomic E-state index is 12.6. The Morgan fingerprint density at radius 3 is 1.51 bits per heavy atom. The maximum absolute atomic E-state index is 12.6. The van der Waals surface area contributed by atoms with E-state index in [0.717, 1.165) is 58.4 Å². The predicted octanol–water partition coefficient (Wildman–Crippen LogP) is 9.56. The van der Waals surface area contributed by atoms with Gasteiger partial charge in [-0.2, -0.15) is 0 Å². The fourth-order valence-corrected chi connectivity index (χ4v) is 7.60. The Hall–Kier alpha value is -1.22. The molecule has 0 N–H and O–H groups in total. The van der Waals surface area contributed by atoms with Crippen molar-refractivity contribution in [3.63, 3.8) is 0 Å². The number of unbranched alkanes of at least 4 members (excludes halogenated alkanes) is 12. The van der Waals surface area contributed by atoms with E-state index < -0.39 is 0 Å². The third-order valence-corrected chi connectivity index (χ3v) is 11.5. The average molecular weight is 697 g/mol. The predicted molar refractivity (Wildman–Crippen MR) is 198 cm³/mol. The number of carbonyl (C=O) groups is 2. The number of nitrogens with zero attached hydrogens (tertiary/aromatic N) is 1. The van der Waals surface area contributed by atoms with Gasteiger partial charge in [-0.1, -0.05) is 90.9 Å². The van der Waals surface area contributed by atoms with Gasteiger partial charge in [0.15, 0.2) is 0 Å². The Balaban J connectivity index is 1.43. The summed E-state index contributed by atoms with van der Waals surface area (Å²) in [6, 6.07) is 0. The van der Waals surface area contributed by atoms with Crippen molar-refractivity contribution in [1.82, 2.24) is 0 Å². The molecule has 0 aromatic heterocycles. The Morgan fingerprint density at radius 1 is 0.490 bits per heavy atom. The van der Waals surface area contributed by atoms with Crippen molar-refractivity contribution in [2.24, 2.45) is 10.8 Å². The van der Waals surface area contributed by atoms with E-state index in [9.17, 15) is 9.59 Å². The largest absolute Gasteiger partial charge is 0.460 e. The topological polar surface area (TPSA) is 80.3 Å². The molecule has 0 amide bonds. The van der Waals surface area contributed by atoms with E-state index in [2.05, 4.69) is 27.9 Å². The second kappa shape index (κ2) is 26.5. The highest BCUT2D eigenvalue weighted by atomic mass is 16.7. The molecule has 0 saturated heterocycles. The second-order valence-corrected chi connectivity index (χ2v) is 16.1. The van der Waals surface area contributed by atoms with Gasteiger partial charge in [0.25, 0.3) is 0 Å². The van der Waals surface area contributed by atoms with Crippen LogP contribution in [0.5, 0.6) is 0 Å². The Morgan fingerprint density at radius 2 is 0.939 bits per heavy atom. The molecule has 0 radical (unpaired) electrons. The average Bonchev–Trinajstić information content (AvgIpc) is 3.09. The molecule has 8 heteroatoms. The van der Waals surface area contributed by atoms with Crippen LogP contribution in [0.15, 0.2) is 0 Å². The van der Waals surface area contributed by atoms with Gasteiger partial charge < -0.3 is 28.2 Å². The van der Waals surface area contributed by atoms with Gasteiger partial charge in [-0.25, -0.2) is 0 Å². The summed E-state index contributed by atoms with van der Waals surface area (Å²) in [4.78, 5) is 24.8. The minimum Gasteiger partial charge on any atom is -0.460 e. The molecule has 0 unspecified atom stereocenters. The van der Waals surface area contributed by atoms with Crippen LogP contribution < -0.4 is 0 Å². The summed E-state index contributed by atoms with van der Waals surface area (Å²) in [7, 11) is 4.20. The van der Waals surface area contributed by atoms with Crippen molar-refractivity contribution in [2.45, 2.75) is 168 Å². The molecule has 8 nitrogen and oxygen atoms in total. The second-order valence-electron chi connectivity index (χ2n) is 16.1. The van der Waals surface area contributed by atoms with Crippen molar-refractivity contribution in [3.05, 3.63) is 0 Å². The molecule has 288 valence electrons. The monoisotopic (exact) mass is 697 g/mol. The summed E-state index contributed by atoms with van der Waals surface area (Å²) < 4.78 is 28.8. The first-order chi connectivity index (χ1) is 23.7. The first-order valence-electron chi connectivity index (χ1n) is 20.6. The zero-order valence-corrected chi connectivity index (χ0v) is 32.6. The van der Waals surface area contributed by atoms with E-state index in [1.165, 1.54) is 109 Å². The number of hydrogen-bond donors (Lipinski definition) is 0. The van der Waals surface area contributed by atoms with Crippen LogP contribution in [0, 0.1) is 10.8 Å². The molecule has 0 atom stereocenters. The van der Waals surface area contributed by atoms with Gasteiger partial charge in [0, 0.05) is 26.1 Å². The molecule has 0 aliphatic heterocycles. The molecule has 0 aromatic carbocycles. The highest BCUT2D eigenvalue weighted by Gasteiger charge is 2.48. The number of fused-ring (bicyclic) bond motifs is 3. The highest BCUT2D eigenvalue weighted by Crippen LogP contribution is 2.60. The van der Waals surface area contributed by atoms with Crippen LogP contribution in [0.2, 0.25) is 0 Å². The first-order valence-corrected chi connectivity index (χ1v) is 20.6. The number of ether oxygens (including phenoxy) is 5. The van der Waals surface area contributed by atoms with E-state index in [-0.39, 0.29) is 11.9 Å². The van der Waals surface area contributed by atoms with Gasteiger partial charge in [0.05, 0.1) is 27.3 Å². The lowest BCUT2D eigenvalue weighted by atomic mass is 9.52. The smallest absolute Gasteiger partial charge is 0.306 e. The van der Waals surface area contributed by atoms with Crippen LogP contribution in [0.4, 0.5) is 0 Å². The molecule has 3 saturated carbocycles. The molecule has 3 aliphatic rings. The third-order valence-electron chi connectivity index (χ3n) is 11.5. The summed E-state index contributed by atoms with van der Waals surface area (Å²) in [5, 5.41) is 0. The van der Waals surface area contributed by atoms with Gasteiger partial charge in [0.2, 0.25) is 0 Å². The summed E-state index contributed by atoms with van der Waals surface area (Å²) >= 11 is 0. The van der Waals surface area contributed by atoms with Gasteiger partial charge >= 0.3 is 11.9 Å². The number of likely N-dealkylation sites (N-methyl/N-ethyl adjacent to an activating group) is 1. The van der Waals surface area contributed by atoms with E-state index >= 15 is 0 Å². The van der Waals surface area contributed by atoms with Crippen LogP contribution in [-0.4, -0.2) is 90.0 Å². The zero-order chi connectivity index (χ0) is 35.5. The number of esters is 2. The van der Waals surface area contributed by atoms with Crippen LogP contribution in [0.25, 0.3) is 0 Å². The van der Waals surface area contributed by atoms with E-state index in [0.29, 0.717) is 61.4 Å². The minimum atomic E-state index is -0.0858. The lowest BCUT2D eigenvalue weighted by Gasteiger charge is -2.54. The Kier molecular flexibility index (Phi) is 23.8. The molecular formula is C41H78NO7+. The summed E-state index contributed by atoms with van der Waals surface area (Å²) in [5.41, 5.74) is 0.726. The van der Waals surface area contributed by atoms with Gasteiger partial charge in [-0.3, -0.25) is 9.59 Å². The molecule has 3 fully saturated rings. The van der Waals surface area contributed by atoms with Gasteiger partial charge in [0.1, 0.15) is 33.1 Å². The van der Waals surface area contributed by atoms with Crippen LogP contribution in [-0.2, 0) is 33.3 Å². The van der Waals surface area contributed by atoms with Gasteiger partial charge in [-0.05, 0) is 75.0 Å². The standard InChI is InChI=1S/C41H78NO7/c1-5-7-9-10-11-12-13-14-15-16-17-19-38(43)48-33-29-42(3,4)30-34-49-39(44)20-21-40-22-25-41(26-23-40,27-24-40)28-32-46-37-47-36-35-45-31-18-8-6-2/h5-37H2,1-4H3/q+1. The van der Waals surface area contributed by atoms with Crippen molar-refractivity contribution in [2.75, 3.05) is 73.6 Å². The quantitative estimate of drug-likeness (QED) is 0.0293. The molecule has 2 bridgehead atoms. The number of quaternary nitrogens is 1. The zero-order valence-electron chi connectivity index (χ0n) is 32.6. The molecule has 0 heterocycles. The summed E-state index contributed by atoms with van der Waals surface area (Å²) in [5.74, 6) is -0.160. The lowest BCUT2D eigenvalue weighted by molar-refractivity contribution is -0.890. The maximum Gasteiger partial charge on any atom is 0.306 e. The van der Waals surface area contributed by atoms with Crippen LogP contribution in [0.1, 0.15) is 168 Å². The summed E-state index contributed by atoms with van der Waals surface area (Å²) in [6.07, 6.45) is 28.1. The van der Waals surface area contributed by atoms with E-state index in [1.54, 1.807) is 0 Å². The highest BCUT2D eigenvalue weighted by molar-refractivity contribution is 5.69. The number of carbonyl (C=O) groups excluding carboxylic acids is 2. The number of rotatable bonds is 33. The number of hydrogen-bond acceptors (Lipinski definition) is 7. The molecular weight excluding hydrogens is 618 g/mol. The lowest BCUT2D eigenvalue weighted by Crippen LogP contribution is -2.45. The fraction of sp³-hybridized carbons (Fsp3) is 0.951. The Bertz CT molecular complexity index is 823. The van der Waals surface area contributed by atoms with Crippen molar-refractivity contribution < 1.29 is 37.8 Å². The molecule has 3 rings (SSSR count). The van der Waals surface area contributed by atoms with Crippen molar-refractivity contribution in [1.29, 1.82) is 0 Å². The van der Waals surface area contributed by atoms with Crippen LogP contribution in [0.3, 0.4) is 0 Å². The third kappa shape index (κ3) is 21.0. The minimum absolute atomic E-state index is 0.0741. The Labute approximate surface area is 301 Å². The normalized spacial score (nSPS) is 20.5. The molecule has 49 heavy (non-hydrogen) atoms. The fourth-order valence-electron chi connectivity index (χ4n) is 7.60. The SMILES string of the molecule is CCCCCCCCCCCCCC(=O)OCC[N+](C)(C)CCOC(=O)CCC12CCC(CCOCOCCOCCCCC)(CC1)CC2. The molecule has 0 aromatic rings. The van der Waals surface area contributed by atoms with E-state index in [1.807, 2.05) is 0 Å². The molecule has 0 spiro atoms. The van der Waals surface area contributed by atoms with Crippen LogP contribution >= 0.6 is 0 Å². The van der Waals surface area contributed by atoms with Crippen molar-refractivity contribution >= 4 is 11.9 Å². The van der Waals surface area contributed by atoms with Gasteiger partial charge in [-0.15, -0.1) is 0 Å². The van der Waals surface area contributed by atoms with Crippen molar-refractivity contribution in [3.8, 4) is 0 Å². The van der Waals surface area contributed by atoms with E-state index in [4.69, 9.17) is 23.7 Å². The molecule has 3 aliphatic carbocycles. The first kappa shape index (κ1) is 43.9. The summed E-state index contributed by atoms with van der Waals surface area (Å²) in [6.45, 7) is 9.88.